The first-order chi connectivity index (χ1) is 10.1. The fourth-order valence-electron chi connectivity index (χ4n) is 4.07. The summed E-state index contributed by atoms with van der Waals surface area (Å²) < 4.78 is 5.46. The monoisotopic (exact) mass is 308 g/mol. The molecule has 0 spiro atoms. The highest BCUT2D eigenvalue weighted by Gasteiger charge is 2.60. The molecule has 0 amide bonds. The van der Waals surface area contributed by atoms with Crippen molar-refractivity contribution >= 4 is 11.9 Å². The Balaban J connectivity index is 2.43. The number of carbonyl (C=O) groups excluding carboxylic acids is 1. The number of carboxylic acids is 1. The summed E-state index contributed by atoms with van der Waals surface area (Å²) in [5, 5.41) is 20.5. The molecule has 0 radical (unpaired) electrons. The molecule has 22 heavy (non-hydrogen) atoms. The topological polar surface area (TPSA) is 83.8 Å². The first-order valence-electron chi connectivity index (χ1n) is 7.62. The molecule has 0 aromatic heterocycles. The van der Waals surface area contributed by atoms with E-state index in [1.165, 1.54) is 6.92 Å². The third kappa shape index (κ3) is 2.47. The molecule has 0 saturated heterocycles. The van der Waals surface area contributed by atoms with Crippen LogP contribution in [0.5, 0.6) is 0 Å². The van der Waals surface area contributed by atoms with E-state index in [0.29, 0.717) is 24.8 Å². The van der Waals surface area contributed by atoms with Crippen molar-refractivity contribution in [2.45, 2.75) is 57.7 Å². The van der Waals surface area contributed by atoms with Crippen LogP contribution < -0.4 is 0 Å². The van der Waals surface area contributed by atoms with E-state index in [2.05, 4.69) is 13.2 Å². The molecule has 0 aromatic carbocycles. The summed E-state index contributed by atoms with van der Waals surface area (Å²) in [4.78, 5) is 22.7. The number of esters is 1. The van der Waals surface area contributed by atoms with Gasteiger partial charge in [-0.1, -0.05) is 20.1 Å². The molecule has 0 aliphatic heterocycles. The molecule has 0 heterocycles. The van der Waals surface area contributed by atoms with Crippen LogP contribution >= 0.6 is 0 Å². The number of fused-ring (bicyclic) bond motifs is 1. The number of hydrogen-bond acceptors (Lipinski definition) is 4. The van der Waals surface area contributed by atoms with Crippen molar-refractivity contribution in [3.63, 3.8) is 0 Å². The van der Waals surface area contributed by atoms with Gasteiger partial charge >= 0.3 is 11.9 Å². The Hall–Kier alpha value is -1.62. The molecule has 4 atom stereocenters. The van der Waals surface area contributed by atoms with Gasteiger partial charge in [0.25, 0.3) is 0 Å². The predicted octanol–water partition coefficient (Wildman–Crippen LogP) is 2.45. The Morgan fingerprint density at radius 3 is 2.59 bits per heavy atom. The van der Waals surface area contributed by atoms with Gasteiger partial charge in [0.05, 0.1) is 5.60 Å². The second-order valence-electron chi connectivity index (χ2n) is 6.80. The second-order valence-corrected chi connectivity index (χ2v) is 6.80. The molecule has 2 aliphatic rings. The third-order valence-electron chi connectivity index (χ3n) is 5.53. The smallest absolute Gasteiger partial charge is 0.331 e. The van der Waals surface area contributed by atoms with E-state index in [4.69, 9.17) is 4.74 Å². The summed E-state index contributed by atoms with van der Waals surface area (Å²) in [6.45, 7) is 10.9. The Kier molecular flexibility index (Phi) is 4.22. The lowest BCUT2D eigenvalue weighted by Gasteiger charge is -2.57. The molecule has 4 unspecified atom stereocenters. The van der Waals surface area contributed by atoms with Crippen LogP contribution in [-0.4, -0.2) is 33.9 Å². The lowest BCUT2D eigenvalue weighted by atomic mass is 9.52. The molecular formula is C17H24O5. The van der Waals surface area contributed by atoms with E-state index < -0.39 is 35.0 Å². The number of aliphatic hydroxyl groups is 1. The van der Waals surface area contributed by atoms with Gasteiger partial charge in [0.15, 0.2) is 0 Å². The SMILES string of the molecule is C=C(C(=O)O)C1CC(OC(C)=O)C2(C)CCCC(=C)C2(O)C1. The van der Waals surface area contributed by atoms with E-state index in [1.54, 1.807) is 0 Å². The van der Waals surface area contributed by atoms with Crippen LogP contribution in [-0.2, 0) is 14.3 Å². The average molecular weight is 308 g/mol. The Morgan fingerprint density at radius 1 is 1.41 bits per heavy atom. The van der Waals surface area contributed by atoms with Crippen LogP contribution in [0.1, 0.15) is 46.0 Å². The number of ether oxygens (including phenoxy) is 1. The van der Waals surface area contributed by atoms with Crippen molar-refractivity contribution in [3.8, 4) is 0 Å². The van der Waals surface area contributed by atoms with Gasteiger partial charge in [0, 0.05) is 17.9 Å². The highest BCUT2D eigenvalue weighted by atomic mass is 16.5. The van der Waals surface area contributed by atoms with Gasteiger partial charge in [0.1, 0.15) is 6.10 Å². The quantitative estimate of drug-likeness (QED) is 0.475. The molecule has 122 valence electrons. The Bertz CT molecular complexity index is 537. The van der Waals surface area contributed by atoms with Crippen LogP contribution in [0.15, 0.2) is 24.3 Å². The molecule has 2 fully saturated rings. The zero-order valence-electron chi connectivity index (χ0n) is 13.2. The van der Waals surface area contributed by atoms with E-state index in [-0.39, 0.29) is 12.0 Å². The molecule has 2 rings (SSSR count). The van der Waals surface area contributed by atoms with Crippen LogP contribution in [0.3, 0.4) is 0 Å². The van der Waals surface area contributed by atoms with E-state index in [0.717, 1.165) is 6.42 Å². The second kappa shape index (κ2) is 5.54. The van der Waals surface area contributed by atoms with E-state index >= 15 is 0 Å². The number of aliphatic carboxylic acids is 1. The van der Waals surface area contributed by atoms with Crippen molar-refractivity contribution in [3.05, 3.63) is 24.3 Å². The lowest BCUT2D eigenvalue weighted by molar-refractivity contribution is -0.193. The van der Waals surface area contributed by atoms with Crippen molar-refractivity contribution in [1.82, 2.24) is 0 Å². The number of hydrogen-bond donors (Lipinski definition) is 2. The van der Waals surface area contributed by atoms with E-state index in [1.807, 2.05) is 6.92 Å². The summed E-state index contributed by atoms with van der Waals surface area (Å²) in [5.41, 5.74) is -1.12. The average Bonchev–Trinajstić information content (AvgIpc) is 2.41. The van der Waals surface area contributed by atoms with Gasteiger partial charge in [0.2, 0.25) is 0 Å². The summed E-state index contributed by atoms with van der Waals surface area (Å²) in [6.07, 6.45) is 2.39. The third-order valence-corrected chi connectivity index (χ3v) is 5.53. The molecular weight excluding hydrogens is 284 g/mol. The summed E-state index contributed by atoms with van der Waals surface area (Å²) in [7, 11) is 0. The Labute approximate surface area is 130 Å². The van der Waals surface area contributed by atoms with Gasteiger partial charge in [-0.05, 0) is 43.6 Å². The zero-order valence-corrected chi connectivity index (χ0v) is 13.2. The molecule has 0 aromatic rings. The van der Waals surface area contributed by atoms with E-state index in [9.17, 15) is 19.8 Å². The van der Waals surface area contributed by atoms with Crippen LogP contribution in [0.2, 0.25) is 0 Å². The minimum absolute atomic E-state index is 0.0472. The van der Waals surface area contributed by atoms with Crippen LogP contribution in [0.25, 0.3) is 0 Å². The lowest BCUT2D eigenvalue weighted by Crippen LogP contribution is -2.61. The first-order valence-corrected chi connectivity index (χ1v) is 7.62. The molecule has 0 bridgehead atoms. The maximum Gasteiger partial charge on any atom is 0.331 e. The summed E-state index contributed by atoms with van der Waals surface area (Å²) in [6, 6.07) is 0. The minimum atomic E-state index is -1.23. The largest absolute Gasteiger partial charge is 0.478 e. The molecule has 2 aliphatic carbocycles. The van der Waals surface area contributed by atoms with Crippen LogP contribution in [0, 0.1) is 11.3 Å². The highest BCUT2D eigenvalue weighted by Crippen LogP contribution is 2.57. The predicted molar refractivity (Wildman–Crippen MR) is 81.1 cm³/mol. The molecule has 5 nitrogen and oxygen atoms in total. The van der Waals surface area contributed by atoms with Gasteiger partial charge in [-0.15, -0.1) is 0 Å². The number of rotatable bonds is 3. The molecule has 2 saturated carbocycles. The van der Waals surface area contributed by atoms with Gasteiger partial charge in [-0.2, -0.15) is 0 Å². The maximum absolute atomic E-state index is 11.5. The fourth-order valence-corrected chi connectivity index (χ4v) is 4.07. The highest BCUT2D eigenvalue weighted by molar-refractivity contribution is 5.86. The van der Waals surface area contributed by atoms with Crippen molar-refractivity contribution < 1.29 is 24.5 Å². The standard InChI is InChI=1S/C17H24O5/c1-10-6-5-7-16(4)14(22-12(3)18)8-13(9-17(10,16)21)11(2)15(19)20/h13-14,21H,1-2,5-9H2,3-4H3,(H,19,20). The number of carboxylic acid groups (broad SMARTS) is 1. The fraction of sp³-hybridized carbons (Fsp3) is 0.647. The number of carbonyl (C=O) groups is 2. The van der Waals surface area contributed by atoms with Gasteiger partial charge < -0.3 is 14.9 Å². The van der Waals surface area contributed by atoms with Crippen molar-refractivity contribution in [2.75, 3.05) is 0 Å². The zero-order chi connectivity index (χ0) is 16.7. The molecule has 2 N–H and O–H groups in total. The first kappa shape index (κ1) is 16.7. The van der Waals surface area contributed by atoms with Crippen LogP contribution in [0.4, 0.5) is 0 Å². The van der Waals surface area contributed by atoms with Crippen molar-refractivity contribution in [2.24, 2.45) is 11.3 Å². The van der Waals surface area contributed by atoms with Gasteiger partial charge in [-0.3, -0.25) is 4.79 Å². The van der Waals surface area contributed by atoms with Crippen molar-refractivity contribution in [1.29, 1.82) is 0 Å². The van der Waals surface area contributed by atoms with Gasteiger partial charge in [-0.25, -0.2) is 4.79 Å². The normalized spacial score (nSPS) is 38.0. The summed E-state index contributed by atoms with van der Waals surface area (Å²) >= 11 is 0. The summed E-state index contributed by atoms with van der Waals surface area (Å²) in [5.74, 6) is -1.94. The Morgan fingerprint density at radius 2 is 2.05 bits per heavy atom. The minimum Gasteiger partial charge on any atom is -0.478 e. The molecule has 5 heteroatoms. The maximum atomic E-state index is 11.5.